The average Bonchev–Trinajstić information content (AvgIpc) is 1.65. The molecule has 0 atom stereocenters. The van der Waals surface area contributed by atoms with E-state index in [9.17, 15) is 0 Å². The molecular formula is C5H8N2O. The standard InChI is InChI=1S/C5H8N2O/c1-5(2)3-6-8-7-4-5/h3-4H,1-2H3. The predicted octanol–water partition coefficient (Wildman–Crippen LogP) is 1.01. The first-order valence-corrected chi connectivity index (χ1v) is 2.46. The van der Waals surface area contributed by atoms with E-state index in [4.69, 9.17) is 0 Å². The zero-order chi connectivity index (χ0) is 6.04. The molecule has 1 rings (SSSR count). The van der Waals surface area contributed by atoms with Crippen LogP contribution in [0.2, 0.25) is 0 Å². The maximum absolute atomic E-state index is 4.34. The summed E-state index contributed by atoms with van der Waals surface area (Å²) in [6.07, 6.45) is 3.42. The molecule has 0 aromatic carbocycles. The van der Waals surface area contributed by atoms with E-state index >= 15 is 0 Å². The number of rotatable bonds is 0. The molecule has 0 aromatic rings. The van der Waals surface area contributed by atoms with Gasteiger partial charge in [-0.3, -0.25) is 0 Å². The normalized spacial score (nSPS) is 22.8. The van der Waals surface area contributed by atoms with Crippen molar-refractivity contribution in [1.82, 2.24) is 0 Å². The highest BCUT2D eigenvalue weighted by atomic mass is 16.8. The van der Waals surface area contributed by atoms with Crippen molar-refractivity contribution in [3.63, 3.8) is 0 Å². The highest BCUT2D eigenvalue weighted by Crippen LogP contribution is 2.10. The summed E-state index contributed by atoms with van der Waals surface area (Å²) in [5.41, 5.74) is -0.0295. The van der Waals surface area contributed by atoms with Gasteiger partial charge in [0.05, 0.1) is 12.4 Å². The second-order valence-electron chi connectivity index (χ2n) is 2.37. The van der Waals surface area contributed by atoms with Gasteiger partial charge >= 0.3 is 0 Å². The first kappa shape index (κ1) is 5.28. The van der Waals surface area contributed by atoms with E-state index in [1.807, 2.05) is 13.8 Å². The van der Waals surface area contributed by atoms with Gasteiger partial charge < -0.3 is 0 Å². The number of hydrogen-bond donors (Lipinski definition) is 0. The van der Waals surface area contributed by atoms with Crippen LogP contribution in [0.3, 0.4) is 0 Å². The molecule has 0 N–H and O–H groups in total. The van der Waals surface area contributed by atoms with Crippen LogP contribution in [0.5, 0.6) is 0 Å². The van der Waals surface area contributed by atoms with Crippen LogP contribution in [0, 0.1) is 5.41 Å². The average molecular weight is 112 g/mol. The molecule has 1 aliphatic rings. The van der Waals surface area contributed by atoms with Crippen LogP contribution in [0.15, 0.2) is 10.3 Å². The molecule has 0 aliphatic carbocycles. The SMILES string of the molecule is CC1(C)C=NON=C1. The molecule has 44 valence electrons. The Morgan fingerprint density at radius 2 is 1.75 bits per heavy atom. The minimum atomic E-state index is -0.0295. The second kappa shape index (κ2) is 1.58. The van der Waals surface area contributed by atoms with Crippen molar-refractivity contribution in [1.29, 1.82) is 0 Å². The van der Waals surface area contributed by atoms with Crippen molar-refractivity contribution in [2.24, 2.45) is 15.7 Å². The molecule has 0 spiro atoms. The Balaban J connectivity index is 2.69. The fraction of sp³-hybridized carbons (Fsp3) is 0.600. The van der Waals surface area contributed by atoms with Crippen LogP contribution in [0.4, 0.5) is 0 Å². The lowest BCUT2D eigenvalue weighted by atomic mass is 9.98. The predicted molar refractivity (Wildman–Crippen MR) is 31.8 cm³/mol. The lowest BCUT2D eigenvalue weighted by molar-refractivity contribution is 0.149. The van der Waals surface area contributed by atoms with E-state index in [0.717, 1.165) is 0 Å². The van der Waals surface area contributed by atoms with Crippen molar-refractivity contribution in [2.45, 2.75) is 13.8 Å². The number of nitrogens with zero attached hydrogens (tertiary/aromatic N) is 2. The van der Waals surface area contributed by atoms with E-state index in [2.05, 4.69) is 15.2 Å². The summed E-state index contributed by atoms with van der Waals surface area (Å²) in [5.74, 6) is 0. The lowest BCUT2D eigenvalue weighted by Gasteiger charge is -2.12. The molecule has 0 saturated carbocycles. The van der Waals surface area contributed by atoms with Gasteiger partial charge in [0.1, 0.15) is 0 Å². The lowest BCUT2D eigenvalue weighted by Crippen LogP contribution is -2.17. The summed E-state index contributed by atoms with van der Waals surface area (Å²) < 4.78 is 0. The summed E-state index contributed by atoms with van der Waals surface area (Å²) in [5, 5.41) is 7.01. The Morgan fingerprint density at radius 3 is 2.00 bits per heavy atom. The third kappa shape index (κ3) is 1.05. The Kier molecular flexibility index (Phi) is 1.04. The van der Waals surface area contributed by atoms with Crippen molar-refractivity contribution >= 4 is 12.4 Å². The topological polar surface area (TPSA) is 34.0 Å². The van der Waals surface area contributed by atoms with Crippen LogP contribution in [-0.2, 0) is 4.94 Å². The summed E-state index contributed by atoms with van der Waals surface area (Å²) in [7, 11) is 0. The first-order valence-electron chi connectivity index (χ1n) is 2.46. The Bertz CT molecular complexity index is 123. The zero-order valence-electron chi connectivity index (χ0n) is 4.96. The summed E-state index contributed by atoms with van der Waals surface area (Å²) in [4.78, 5) is 4.34. The zero-order valence-corrected chi connectivity index (χ0v) is 4.96. The number of oxime groups is 2. The molecule has 0 fully saturated rings. The Morgan fingerprint density at radius 1 is 1.25 bits per heavy atom. The third-order valence-corrected chi connectivity index (χ3v) is 0.865. The molecule has 1 heterocycles. The van der Waals surface area contributed by atoms with Crippen molar-refractivity contribution in [3.8, 4) is 0 Å². The van der Waals surface area contributed by atoms with E-state index in [0.29, 0.717) is 0 Å². The molecule has 0 bridgehead atoms. The smallest absolute Gasteiger partial charge is 0.0581 e. The van der Waals surface area contributed by atoms with Crippen molar-refractivity contribution in [2.75, 3.05) is 0 Å². The highest BCUT2D eigenvalue weighted by Gasteiger charge is 2.14. The largest absolute Gasteiger partial charge is 0.245 e. The maximum atomic E-state index is 4.34. The molecule has 0 aromatic heterocycles. The van der Waals surface area contributed by atoms with Gasteiger partial charge in [-0.05, 0) is 13.8 Å². The molecule has 3 nitrogen and oxygen atoms in total. The molecule has 8 heavy (non-hydrogen) atoms. The van der Waals surface area contributed by atoms with Gasteiger partial charge in [-0.15, -0.1) is 0 Å². The fourth-order valence-corrected chi connectivity index (χ4v) is 0.379. The first-order chi connectivity index (χ1) is 3.71. The Hall–Kier alpha value is -0.860. The monoisotopic (exact) mass is 112 g/mol. The molecule has 0 saturated heterocycles. The van der Waals surface area contributed by atoms with Crippen LogP contribution in [-0.4, -0.2) is 12.4 Å². The van der Waals surface area contributed by atoms with Gasteiger partial charge in [-0.2, -0.15) is 0 Å². The summed E-state index contributed by atoms with van der Waals surface area (Å²) in [6.45, 7) is 4.00. The number of hydrogen-bond acceptors (Lipinski definition) is 3. The molecular weight excluding hydrogens is 104 g/mol. The highest BCUT2D eigenvalue weighted by molar-refractivity contribution is 5.88. The van der Waals surface area contributed by atoms with Gasteiger partial charge in [0.15, 0.2) is 0 Å². The molecule has 0 radical (unpaired) electrons. The van der Waals surface area contributed by atoms with Gasteiger partial charge in [0.2, 0.25) is 0 Å². The van der Waals surface area contributed by atoms with E-state index in [1.54, 1.807) is 12.4 Å². The second-order valence-corrected chi connectivity index (χ2v) is 2.37. The quantitative estimate of drug-likeness (QED) is 0.460. The van der Waals surface area contributed by atoms with Gasteiger partial charge in [0.25, 0.3) is 0 Å². The van der Waals surface area contributed by atoms with E-state index in [-0.39, 0.29) is 5.41 Å². The summed E-state index contributed by atoms with van der Waals surface area (Å²) in [6, 6.07) is 0. The van der Waals surface area contributed by atoms with Crippen LogP contribution < -0.4 is 0 Å². The minimum absolute atomic E-state index is 0.0295. The Labute approximate surface area is 48.0 Å². The van der Waals surface area contributed by atoms with Gasteiger partial charge in [0, 0.05) is 5.41 Å². The molecule has 3 heteroatoms. The van der Waals surface area contributed by atoms with Crippen LogP contribution in [0.1, 0.15) is 13.8 Å². The van der Waals surface area contributed by atoms with E-state index in [1.165, 1.54) is 0 Å². The molecule has 0 unspecified atom stereocenters. The van der Waals surface area contributed by atoms with E-state index < -0.39 is 0 Å². The summed E-state index contributed by atoms with van der Waals surface area (Å²) >= 11 is 0. The molecule has 1 aliphatic heterocycles. The van der Waals surface area contributed by atoms with Crippen LogP contribution in [0.25, 0.3) is 0 Å². The third-order valence-electron chi connectivity index (χ3n) is 0.865. The van der Waals surface area contributed by atoms with Crippen LogP contribution >= 0.6 is 0 Å². The van der Waals surface area contributed by atoms with Gasteiger partial charge in [-0.25, -0.2) is 4.94 Å². The maximum Gasteiger partial charge on any atom is 0.0581 e. The fourth-order valence-electron chi connectivity index (χ4n) is 0.379. The van der Waals surface area contributed by atoms with Crippen molar-refractivity contribution in [3.05, 3.63) is 0 Å². The van der Waals surface area contributed by atoms with Crippen molar-refractivity contribution < 1.29 is 4.94 Å². The van der Waals surface area contributed by atoms with Gasteiger partial charge in [-0.1, -0.05) is 10.3 Å². The molecule has 0 amide bonds. The minimum Gasteiger partial charge on any atom is -0.245 e.